The zero-order valence-corrected chi connectivity index (χ0v) is 11.5. The highest BCUT2D eigenvalue weighted by molar-refractivity contribution is 7.16. The molecular weight excluding hydrogens is 266 g/mol. The van der Waals surface area contributed by atoms with Crippen molar-refractivity contribution in [3.8, 4) is 0 Å². The van der Waals surface area contributed by atoms with Crippen LogP contribution in [0.2, 0.25) is 0 Å². The monoisotopic (exact) mass is 279 g/mol. The maximum Gasteiger partial charge on any atom is 0.338 e. The van der Waals surface area contributed by atoms with Crippen molar-refractivity contribution in [2.45, 2.75) is 13.8 Å². The number of nitrogens with zero attached hydrogens (tertiary/aromatic N) is 2. The van der Waals surface area contributed by atoms with Gasteiger partial charge in [0.05, 0.1) is 5.56 Å². The Labute approximate surface area is 113 Å². The molecule has 19 heavy (non-hydrogen) atoms. The number of carbonyl (C=O) groups excluding carboxylic acids is 1. The number of anilines is 1. The highest BCUT2D eigenvalue weighted by Crippen LogP contribution is 2.27. The molecule has 0 saturated heterocycles. The largest absolute Gasteiger partial charge is 0.478 e. The van der Waals surface area contributed by atoms with Gasteiger partial charge in [-0.2, -0.15) is 5.10 Å². The first-order valence-corrected chi connectivity index (χ1v) is 6.36. The van der Waals surface area contributed by atoms with Crippen LogP contribution in [0.4, 0.5) is 5.00 Å². The van der Waals surface area contributed by atoms with Crippen molar-refractivity contribution in [3.05, 3.63) is 34.0 Å². The van der Waals surface area contributed by atoms with Crippen molar-refractivity contribution in [2.75, 3.05) is 5.32 Å². The normalized spacial score (nSPS) is 10.5. The number of rotatable bonds is 3. The van der Waals surface area contributed by atoms with Gasteiger partial charge in [0.25, 0.3) is 5.91 Å². The van der Waals surface area contributed by atoms with Crippen LogP contribution in [0.15, 0.2) is 12.1 Å². The fraction of sp³-hybridized carbons (Fsp3) is 0.250. The van der Waals surface area contributed by atoms with E-state index in [1.165, 1.54) is 17.4 Å². The van der Waals surface area contributed by atoms with Crippen molar-refractivity contribution in [1.29, 1.82) is 0 Å². The third-order valence-corrected chi connectivity index (χ3v) is 3.63. The van der Waals surface area contributed by atoms with Gasteiger partial charge in [0.15, 0.2) is 5.69 Å². The first-order chi connectivity index (χ1) is 8.88. The Morgan fingerprint density at radius 1 is 1.37 bits per heavy atom. The van der Waals surface area contributed by atoms with E-state index in [4.69, 9.17) is 5.11 Å². The predicted octanol–water partition coefficient (Wildman–Crippen LogP) is 2.05. The molecule has 2 rings (SSSR count). The van der Waals surface area contributed by atoms with E-state index >= 15 is 0 Å². The number of amides is 1. The molecule has 1 amide bonds. The molecule has 2 aromatic rings. The summed E-state index contributed by atoms with van der Waals surface area (Å²) in [6.45, 7) is 3.62. The number of aromatic carboxylic acids is 1. The Morgan fingerprint density at radius 2 is 2.05 bits per heavy atom. The summed E-state index contributed by atoms with van der Waals surface area (Å²) in [5.41, 5.74) is 1.22. The molecule has 0 aliphatic rings. The van der Waals surface area contributed by atoms with Gasteiger partial charge in [0.1, 0.15) is 5.00 Å². The minimum Gasteiger partial charge on any atom is -0.478 e. The van der Waals surface area contributed by atoms with E-state index in [0.29, 0.717) is 5.00 Å². The van der Waals surface area contributed by atoms with E-state index < -0.39 is 11.9 Å². The van der Waals surface area contributed by atoms with Crippen LogP contribution < -0.4 is 5.32 Å². The number of aryl methyl sites for hydroxylation is 3. The Morgan fingerprint density at radius 3 is 2.58 bits per heavy atom. The summed E-state index contributed by atoms with van der Waals surface area (Å²) in [5.74, 6) is -1.47. The minimum absolute atomic E-state index is 0.100. The lowest BCUT2D eigenvalue weighted by molar-refractivity contribution is 0.0698. The van der Waals surface area contributed by atoms with E-state index in [2.05, 4.69) is 10.4 Å². The van der Waals surface area contributed by atoms with Gasteiger partial charge in [0, 0.05) is 17.6 Å². The third-order valence-electron chi connectivity index (χ3n) is 2.66. The standard InChI is InChI=1S/C12H13N3O3S/c1-6-4-9(14-15(6)3)10(16)13-11-8(12(17)18)5-7(2)19-11/h4-5H,1-3H3,(H,13,16)(H,17,18). The summed E-state index contributed by atoms with van der Waals surface area (Å²) in [5, 5.41) is 16.0. The lowest BCUT2D eigenvalue weighted by atomic mass is 10.3. The van der Waals surface area contributed by atoms with Crippen LogP contribution in [0, 0.1) is 13.8 Å². The van der Waals surface area contributed by atoms with Gasteiger partial charge in [-0.25, -0.2) is 4.79 Å². The molecule has 0 aliphatic heterocycles. The zero-order valence-electron chi connectivity index (χ0n) is 10.7. The van der Waals surface area contributed by atoms with Crippen LogP contribution in [0.1, 0.15) is 31.4 Å². The maximum absolute atomic E-state index is 12.0. The van der Waals surface area contributed by atoms with Gasteiger partial charge in [-0.15, -0.1) is 11.3 Å². The minimum atomic E-state index is -1.06. The van der Waals surface area contributed by atoms with Crippen molar-refractivity contribution in [2.24, 2.45) is 7.05 Å². The van der Waals surface area contributed by atoms with E-state index in [1.54, 1.807) is 24.7 Å². The maximum atomic E-state index is 12.0. The molecule has 2 heterocycles. The van der Waals surface area contributed by atoms with Gasteiger partial charge in [-0.05, 0) is 26.0 Å². The van der Waals surface area contributed by atoms with Crippen LogP contribution >= 0.6 is 11.3 Å². The van der Waals surface area contributed by atoms with Crippen molar-refractivity contribution >= 4 is 28.2 Å². The van der Waals surface area contributed by atoms with Crippen molar-refractivity contribution in [3.63, 3.8) is 0 Å². The van der Waals surface area contributed by atoms with Crippen molar-refractivity contribution in [1.82, 2.24) is 9.78 Å². The first-order valence-electron chi connectivity index (χ1n) is 5.54. The average molecular weight is 279 g/mol. The van der Waals surface area contributed by atoms with Crippen LogP contribution in [-0.2, 0) is 7.05 Å². The quantitative estimate of drug-likeness (QED) is 0.900. The number of hydrogen-bond donors (Lipinski definition) is 2. The lowest BCUT2D eigenvalue weighted by Gasteiger charge is -2.01. The molecule has 0 bridgehead atoms. The molecule has 0 fully saturated rings. The second-order valence-corrected chi connectivity index (χ2v) is 5.41. The number of aromatic nitrogens is 2. The SMILES string of the molecule is Cc1cc(C(=O)O)c(NC(=O)c2cc(C)n(C)n2)s1. The van der Waals surface area contributed by atoms with Gasteiger partial charge < -0.3 is 10.4 Å². The highest BCUT2D eigenvalue weighted by Gasteiger charge is 2.18. The van der Waals surface area contributed by atoms with E-state index in [9.17, 15) is 9.59 Å². The van der Waals surface area contributed by atoms with E-state index in [1.807, 2.05) is 6.92 Å². The molecule has 0 spiro atoms. The molecule has 0 saturated carbocycles. The van der Waals surface area contributed by atoms with Gasteiger partial charge in [-0.3, -0.25) is 9.48 Å². The molecule has 0 radical (unpaired) electrons. The van der Waals surface area contributed by atoms with E-state index in [-0.39, 0.29) is 11.3 Å². The molecule has 0 atom stereocenters. The number of carboxylic acid groups (broad SMARTS) is 1. The van der Waals surface area contributed by atoms with Gasteiger partial charge in [0.2, 0.25) is 0 Å². The third kappa shape index (κ3) is 2.65. The molecule has 2 aromatic heterocycles. The summed E-state index contributed by atoms with van der Waals surface area (Å²) in [6, 6.07) is 3.18. The smallest absolute Gasteiger partial charge is 0.338 e. The summed E-state index contributed by atoms with van der Waals surface area (Å²) in [7, 11) is 1.74. The van der Waals surface area contributed by atoms with Crippen LogP contribution in [0.3, 0.4) is 0 Å². The molecule has 0 aliphatic carbocycles. The summed E-state index contributed by atoms with van der Waals surface area (Å²) in [4.78, 5) is 23.9. The molecule has 100 valence electrons. The molecular formula is C12H13N3O3S. The highest BCUT2D eigenvalue weighted by atomic mass is 32.1. The van der Waals surface area contributed by atoms with Crippen LogP contribution in [0.5, 0.6) is 0 Å². The van der Waals surface area contributed by atoms with Crippen LogP contribution in [0.25, 0.3) is 0 Å². The second-order valence-electron chi connectivity index (χ2n) is 4.15. The Balaban J connectivity index is 2.26. The average Bonchev–Trinajstić information content (AvgIpc) is 2.83. The topological polar surface area (TPSA) is 84.2 Å². The zero-order chi connectivity index (χ0) is 14.2. The Hall–Kier alpha value is -2.15. The molecule has 2 N–H and O–H groups in total. The summed E-state index contributed by atoms with van der Waals surface area (Å²) >= 11 is 1.23. The molecule has 6 nitrogen and oxygen atoms in total. The van der Waals surface area contributed by atoms with Gasteiger partial charge in [-0.1, -0.05) is 0 Å². The van der Waals surface area contributed by atoms with Crippen molar-refractivity contribution < 1.29 is 14.7 Å². The predicted molar refractivity (Wildman–Crippen MR) is 71.9 cm³/mol. The molecule has 7 heteroatoms. The summed E-state index contributed by atoms with van der Waals surface area (Å²) < 4.78 is 1.59. The lowest BCUT2D eigenvalue weighted by Crippen LogP contribution is -2.14. The molecule has 0 unspecified atom stereocenters. The first kappa shape index (κ1) is 13.3. The van der Waals surface area contributed by atoms with Gasteiger partial charge >= 0.3 is 5.97 Å². The van der Waals surface area contributed by atoms with Crippen LogP contribution in [-0.4, -0.2) is 26.8 Å². The fourth-order valence-corrected chi connectivity index (χ4v) is 2.50. The molecule has 0 aromatic carbocycles. The number of carboxylic acids is 1. The Kier molecular flexibility index (Phi) is 3.39. The van der Waals surface area contributed by atoms with E-state index in [0.717, 1.165) is 10.6 Å². The number of thiophene rings is 1. The number of nitrogens with one attached hydrogen (secondary N) is 1. The second kappa shape index (κ2) is 4.85. The number of carbonyl (C=O) groups is 2. The Bertz CT molecular complexity index is 638. The number of hydrogen-bond acceptors (Lipinski definition) is 4. The summed E-state index contributed by atoms with van der Waals surface area (Å²) in [6.07, 6.45) is 0. The fourth-order valence-electron chi connectivity index (χ4n) is 1.60.